The van der Waals surface area contributed by atoms with Crippen LogP contribution in [0.3, 0.4) is 0 Å². The van der Waals surface area contributed by atoms with Gasteiger partial charge in [-0.05, 0) is 42.8 Å². The first-order chi connectivity index (χ1) is 12.8. The standard InChI is InChI=1S/C19H14BrF3N4/c1-11(12-3-2-4-13(9-12)19(21,22)23)25-17-15-10-14(20)5-6-16(15)27-8-7-24-18(27)26-17/h2-11H,1H3,(H,24,25,26). The third-order valence-corrected chi connectivity index (χ3v) is 4.87. The van der Waals surface area contributed by atoms with Gasteiger partial charge in [-0.2, -0.15) is 18.2 Å². The van der Waals surface area contributed by atoms with Gasteiger partial charge in [0.1, 0.15) is 5.82 Å². The van der Waals surface area contributed by atoms with Crippen LogP contribution in [-0.4, -0.2) is 14.4 Å². The normalized spacial score (nSPS) is 13.2. The predicted octanol–water partition coefficient (Wildman–Crippen LogP) is 5.84. The molecule has 2 aromatic carbocycles. The molecule has 2 heterocycles. The number of hydrogen-bond donors (Lipinski definition) is 1. The molecule has 0 fully saturated rings. The Bertz CT molecular complexity index is 1140. The van der Waals surface area contributed by atoms with E-state index >= 15 is 0 Å². The molecule has 0 aliphatic rings. The van der Waals surface area contributed by atoms with Gasteiger partial charge in [0.15, 0.2) is 0 Å². The van der Waals surface area contributed by atoms with Crippen LogP contribution in [0.15, 0.2) is 59.3 Å². The lowest BCUT2D eigenvalue weighted by molar-refractivity contribution is -0.137. The van der Waals surface area contributed by atoms with E-state index in [1.54, 1.807) is 19.2 Å². The van der Waals surface area contributed by atoms with Crippen molar-refractivity contribution in [3.63, 3.8) is 0 Å². The number of imidazole rings is 1. The summed E-state index contributed by atoms with van der Waals surface area (Å²) in [5, 5.41) is 4.08. The zero-order valence-corrected chi connectivity index (χ0v) is 15.7. The maximum Gasteiger partial charge on any atom is 0.416 e. The minimum atomic E-state index is -4.37. The maximum atomic E-state index is 13.0. The highest BCUT2D eigenvalue weighted by molar-refractivity contribution is 9.10. The van der Waals surface area contributed by atoms with Gasteiger partial charge in [0.25, 0.3) is 0 Å². The van der Waals surface area contributed by atoms with Gasteiger partial charge < -0.3 is 5.32 Å². The molecular formula is C19H14BrF3N4. The number of aromatic nitrogens is 3. The summed E-state index contributed by atoms with van der Waals surface area (Å²) in [6.45, 7) is 1.80. The number of fused-ring (bicyclic) bond motifs is 3. The van der Waals surface area contributed by atoms with Gasteiger partial charge in [0, 0.05) is 28.3 Å². The highest BCUT2D eigenvalue weighted by atomic mass is 79.9. The number of rotatable bonds is 3. The topological polar surface area (TPSA) is 42.2 Å². The number of nitrogens with one attached hydrogen (secondary N) is 1. The zero-order valence-electron chi connectivity index (χ0n) is 14.1. The van der Waals surface area contributed by atoms with E-state index in [0.29, 0.717) is 17.2 Å². The third kappa shape index (κ3) is 3.37. The minimum Gasteiger partial charge on any atom is -0.363 e. The van der Waals surface area contributed by atoms with Crippen molar-refractivity contribution in [1.82, 2.24) is 14.4 Å². The molecule has 0 spiro atoms. The molecule has 2 aromatic heterocycles. The molecular weight excluding hydrogens is 421 g/mol. The summed E-state index contributed by atoms with van der Waals surface area (Å²) in [6, 6.07) is 10.7. The van der Waals surface area contributed by atoms with Crippen LogP contribution >= 0.6 is 15.9 Å². The van der Waals surface area contributed by atoms with Crippen LogP contribution in [0.25, 0.3) is 16.7 Å². The SMILES string of the molecule is CC(Nc1nc2nccn2c2ccc(Br)cc12)c1cccc(C(F)(F)F)c1. The van der Waals surface area contributed by atoms with Gasteiger partial charge in [-0.25, -0.2) is 4.98 Å². The lowest BCUT2D eigenvalue weighted by Crippen LogP contribution is -2.11. The highest BCUT2D eigenvalue weighted by Gasteiger charge is 2.30. The Balaban J connectivity index is 1.77. The molecule has 4 rings (SSSR count). The van der Waals surface area contributed by atoms with Crippen LogP contribution in [0.1, 0.15) is 24.1 Å². The van der Waals surface area contributed by atoms with Gasteiger partial charge >= 0.3 is 6.18 Å². The van der Waals surface area contributed by atoms with E-state index in [2.05, 4.69) is 31.2 Å². The quantitative estimate of drug-likeness (QED) is 0.440. The molecule has 0 aliphatic carbocycles. The zero-order chi connectivity index (χ0) is 19.2. The van der Waals surface area contributed by atoms with E-state index in [9.17, 15) is 13.2 Å². The van der Waals surface area contributed by atoms with Crippen molar-refractivity contribution in [2.24, 2.45) is 0 Å². The number of benzene rings is 2. The van der Waals surface area contributed by atoms with Crippen LogP contribution in [0.2, 0.25) is 0 Å². The summed E-state index contributed by atoms with van der Waals surface area (Å²) in [4.78, 5) is 8.77. The number of anilines is 1. The molecule has 1 unspecified atom stereocenters. The lowest BCUT2D eigenvalue weighted by atomic mass is 10.0. The smallest absolute Gasteiger partial charge is 0.363 e. The molecule has 0 bridgehead atoms. The Morgan fingerprint density at radius 1 is 1.15 bits per heavy atom. The summed E-state index contributed by atoms with van der Waals surface area (Å²) >= 11 is 3.46. The molecule has 4 nitrogen and oxygen atoms in total. The van der Waals surface area contributed by atoms with Gasteiger partial charge in [-0.1, -0.05) is 28.1 Å². The van der Waals surface area contributed by atoms with Crippen molar-refractivity contribution in [2.45, 2.75) is 19.1 Å². The van der Waals surface area contributed by atoms with Crippen molar-refractivity contribution in [3.05, 3.63) is 70.5 Å². The second-order valence-electron chi connectivity index (χ2n) is 6.21. The summed E-state index contributed by atoms with van der Waals surface area (Å²) in [7, 11) is 0. The van der Waals surface area contributed by atoms with E-state index in [0.717, 1.165) is 27.5 Å². The van der Waals surface area contributed by atoms with Crippen molar-refractivity contribution in [3.8, 4) is 0 Å². The number of alkyl halides is 3. The second-order valence-corrected chi connectivity index (χ2v) is 7.12. The Kier molecular flexibility index (Phi) is 4.30. The molecule has 1 N–H and O–H groups in total. The molecule has 0 radical (unpaired) electrons. The first-order valence-electron chi connectivity index (χ1n) is 8.19. The summed E-state index contributed by atoms with van der Waals surface area (Å²) in [6.07, 6.45) is -0.900. The Labute approximate surface area is 161 Å². The number of hydrogen-bond acceptors (Lipinski definition) is 3. The molecule has 0 amide bonds. The van der Waals surface area contributed by atoms with Crippen LogP contribution in [0.5, 0.6) is 0 Å². The predicted molar refractivity (Wildman–Crippen MR) is 102 cm³/mol. The van der Waals surface area contributed by atoms with Crippen molar-refractivity contribution < 1.29 is 13.2 Å². The first-order valence-corrected chi connectivity index (χ1v) is 8.98. The second kappa shape index (κ2) is 6.53. The summed E-state index contributed by atoms with van der Waals surface area (Å²) in [5.41, 5.74) is 0.760. The Morgan fingerprint density at radius 2 is 1.96 bits per heavy atom. The van der Waals surface area contributed by atoms with Gasteiger partial charge in [0.2, 0.25) is 5.78 Å². The van der Waals surface area contributed by atoms with Gasteiger partial charge in [-0.3, -0.25) is 4.40 Å². The fourth-order valence-corrected chi connectivity index (χ4v) is 3.38. The maximum absolute atomic E-state index is 13.0. The third-order valence-electron chi connectivity index (χ3n) is 4.37. The monoisotopic (exact) mass is 434 g/mol. The lowest BCUT2D eigenvalue weighted by Gasteiger charge is -2.18. The molecule has 4 aromatic rings. The fraction of sp³-hybridized carbons (Fsp3) is 0.158. The molecule has 0 saturated carbocycles. The largest absolute Gasteiger partial charge is 0.416 e. The molecule has 138 valence electrons. The number of halogens is 4. The summed E-state index contributed by atoms with van der Waals surface area (Å²) < 4.78 is 41.7. The first kappa shape index (κ1) is 17.8. The van der Waals surface area contributed by atoms with E-state index in [1.807, 2.05) is 28.8 Å². The van der Waals surface area contributed by atoms with Gasteiger partial charge in [0.05, 0.1) is 11.1 Å². The summed E-state index contributed by atoms with van der Waals surface area (Å²) in [5.74, 6) is 1.08. The molecule has 8 heteroatoms. The van der Waals surface area contributed by atoms with E-state index in [-0.39, 0.29) is 6.04 Å². The van der Waals surface area contributed by atoms with Gasteiger partial charge in [-0.15, -0.1) is 0 Å². The van der Waals surface area contributed by atoms with Crippen LogP contribution in [0.4, 0.5) is 19.0 Å². The van der Waals surface area contributed by atoms with Crippen molar-refractivity contribution in [1.29, 1.82) is 0 Å². The molecule has 0 saturated heterocycles. The Morgan fingerprint density at radius 3 is 2.74 bits per heavy atom. The minimum absolute atomic E-state index is 0.376. The average molecular weight is 435 g/mol. The van der Waals surface area contributed by atoms with Crippen molar-refractivity contribution >= 4 is 38.4 Å². The van der Waals surface area contributed by atoms with E-state index in [1.165, 1.54) is 6.07 Å². The highest BCUT2D eigenvalue weighted by Crippen LogP contribution is 2.32. The molecule has 27 heavy (non-hydrogen) atoms. The van der Waals surface area contributed by atoms with E-state index in [4.69, 9.17) is 0 Å². The van der Waals surface area contributed by atoms with E-state index < -0.39 is 11.7 Å². The Hall–Kier alpha value is -2.61. The fourth-order valence-electron chi connectivity index (χ4n) is 3.02. The van der Waals surface area contributed by atoms with Crippen molar-refractivity contribution in [2.75, 3.05) is 5.32 Å². The molecule has 1 atom stereocenters. The van der Waals surface area contributed by atoms with Crippen LogP contribution in [0, 0.1) is 0 Å². The number of nitrogens with zero attached hydrogens (tertiary/aromatic N) is 3. The van der Waals surface area contributed by atoms with Crippen LogP contribution in [-0.2, 0) is 6.18 Å². The average Bonchev–Trinajstić information content (AvgIpc) is 3.09. The molecule has 0 aliphatic heterocycles. The van der Waals surface area contributed by atoms with Crippen LogP contribution < -0.4 is 5.32 Å².